The van der Waals surface area contributed by atoms with Crippen molar-refractivity contribution in [2.75, 3.05) is 19.5 Å². The molecule has 1 aromatic carbocycles. The van der Waals surface area contributed by atoms with Crippen molar-refractivity contribution >= 4 is 11.2 Å². The van der Waals surface area contributed by atoms with Gasteiger partial charge < -0.3 is 14.8 Å². The number of benzene rings is 1. The summed E-state index contributed by atoms with van der Waals surface area (Å²) in [5.74, 6) is 0.851. The predicted molar refractivity (Wildman–Crippen MR) is 86.2 cm³/mol. The summed E-state index contributed by atoms with van der Waals surface area (Å²) in [6.45, 7) is 1.04. The molecular formula is C17H19N3O2. The van der Waals surface area contributed by atoms with Gasteiger partial charge in [-0.2, -0.15) is 5.10 Å². The van der Waals surface area contributed by atoms with Gasteiger partial charge in [0.15, 0.2) is 0 Å². The van der Waals surface area contributed by atoms with Crippen molar-refractivity contribution in [2.24, 2.45) is 0 Å². The topological polar surface area (TPSA) is 47.8 Å². The minimum atomic E-state index is 0.489. The van der Waals surface area contributed by atoms with Crippen LogP contribution >= 0.6 is 0 Å². The van der Waals surface area contributed by atoms with E-state index in [4.69, 9.17) is 9.47 Å². The summed E-state index contributed by atoms with van der Waals surface area (Å²) in [4.78, 5) is 0. The zero-order chi connectivity index (χ0) is 15.4. The van der Waals surface area contributed by atoms with Crippen LogP contribution in [0.2, 0.25) is 0 Å². The van der Waals surface area contributed by atoms with E-state index in [-0.39, 0.29) is 0 Å². The van der Waals surface area contributed by atoms with Crippen LogP contribution in [0.15, 0.2) is 48.7 Å². The third-order valence-electron chi connectivity index (χ3n) is 3.48. The summed E-state index contributed by atoms with van der Waals surface area (Å²) < 4.78 is 12.7. The Hall–Kier alpha value is -2.53. The normalized spacial score (nSPS) is 10.8. The molecule has 0 aliphatic heterocycles. The maximum absolute atomic E-state index is 5.73. The average molecular weight is 297 g/mol. The first-order chi connectivity index (χ1) is 10.8. The fourth-order valence-corrected chi connectivity index (χ4v) is 2.25. The highest BCUT2D eigenvalue weighted by molar-refractivity contribution is 5.54. The van der Waals surface area contributed by atoms with Gasteiger partial charge in [0.05, 0.1) is 43.4 Å². The van der Waals surface area contributed by atoms with Crippen molar-refractivity contribution in [3.05, 3.63) is 59.9 Å². The van der Waals surface area contributed by atoms with E-state index in [1.54, 1.807) is 7.11 Å². The maximum atomic E-state index is 5.73. The van der Waals surface area contributed by atoms with E-state index in [9.17, 15) is 0 Å². The minimum absolute atomic E-state index is 0.489. The molecule has 0 spiro atoms. The standard InChI is InChI=1S/C17H19N3O2/c1-18-14-5-6-16-9-15(19-20(16)10-14)12-22-11-13-3-7-17(21-2)8-4-13/h3-10,18H,11-12H2,1-2H3. The number of rotatable bonds is 6. The lowest BCUT2D eigenvalue weighted by molar-refractivity contribution is 0.104. The fourth-order valence-electron chi connectivity index (χ4n) is 2.25. The van der Waals surface area contributed by atoms with Gasteiger partial charge in [-0.15, -0.1) is 0 Å². The molecule has 0 amide bonds. The van der Waals surface area contributed by atoms with Crippen LogP contribution in [0, 0.1) is 0 Å². The minimum Gasteiger partial charge on any atom is -0.497 e. The van der Waals surface area contributed by atoms with Crippen LogP contribution in [0.1, 0.15) is 11.3 Å². The Morgan fingerprint density at radius 2 is 1.91 bits per heavy atom. The molecule has 22 heavy (non-hydrogen) atoms. The first kappa shape index (κ1) is 14.4. The number of nitrogens with zero attached hydrogens (tertiary/aromatic N) is 2. The molecule has 2 aromatic heterocycles. The average Bonchev–Trinajstić information content (AvgIpc) is 2.97. The zero-order valence-corrected chi connectivity index (χ0v) is 12.7. The van der Waals surface area contributed by atoms with E-state index in [0.717, 1.165) is 28.2 Å². The van der Waals surface area contributed by atoms with Gasteiger partial charge in [-0.3, -0.25) is 0 Å². The first-order valence-electron chi connectivity index (χ1n) is 7.15. The van der Waals surface area contributed by atoms with Crippen LogP contribution in [-0.4, -0.2) is 23.8 Å². The molecule has 3 aromatic rings. The Morgan fingerprint density at radius 1 is 1.09 bits per heavy atom. The van der Waals surface area contributed by atoms with Crippen molar-refractivity contribution in [1.82, 2.24) is 9.61 Å². The van der Waals surface area contributed by atoms with E-state index in [2.05, 4.69) is 10.4 Å². The molecule has 5 heteroatoms. The summed E-state index contributed by atoms with van der Waals surface area (Å²) in [6.07, 6.45) is 1.96. The van der Waals surface area contributed by atoms with Gasteiger partial charge in [-0.05, 0) is 35.9 Å². The lowest BCUT2D eigenvalue weighted by Gasteiger charge is -2.04. The predicted octanol–water partition coefficient (Wildman–Crippen LogP) is 3.10. The molecule has 0 bridgehead atoms. The Kier molecular flexibility index (Phi) is 4.25. The van der Waals surface area contributed by atoms with Crippen molar-refractivity contribution in [1.29, 1.82) is 0 Å². The highest BCUT2D eigenvalue weighted by Gasteiger charge is 2.03. The van der Waals surface area contributed by atoms with Gasteiger partial charge in [0.2, 0.25) is 0 Å². The third-order valence-corrected chi connectivity index (χ3v) is 3.48. The Labute approximate surface area is 129 Å². The number of pyridine rings is 1. The van der Waals surface area contributed by atoms with E-state index in [1.807, 2.05) is 60.2 Å². The molecule has 0 atom stereocenters. The number of aromatic nitrogens is 2. The number of anilines is 1. The largest absolute Gasteiger partial charge is 0.497 e. The highest BCUT2D eigenvalue weighted by Crippen LogP contribution is 2.14. The van der Waals surface area contributed by atoms with Gasteiger partial charge in [0, 0.05) is 7.05 Å². The number of nitrogens with one attached hydrogen (secondary N) is 1. The fraction of sp³-hybridized carbons (Fsp3) is 0.235. The molecule has 0 unspecified atom stereocenters. The highest BCUT2D eigenvalue weighted by atomic mass is 16.5. The molecule has 0 aliphatic rings. The van der Waals surface area contributed by atoms with Crippen LogP contribution in [0.3, 0.4) is 0 Å². The lowest BCUT2D eigenvalue weighted by Crippen LogP contribution is -1.96. The number of ether oxygens (including phenoxy) is 2. The summed E-state index contributed by atoms with van der Waals surface area (Å²) in [5, 5.41) is 7.61. The summed E-state index contributed by atoms with van der Waals surface area (Å²) >= 11 is 0. The summed E-state index contributed by atoms with van der Waals surface area (Å²) in [5.41, 5.74) is 4.12. The van der Waals surface area contributed by atoms with Crippen molar-refractivity contribution in [2.45, 2.75) is 13.2 Å². The molecular weight excluding hydrogens is 278 g/mol. The first-order valence-corrected chi connectivity index (χ1v) is 7.15. The Balaban J connectivity index is 1.61. The molecule has 5 nitrogen and oxygen atoms in total. The van der Waals surface area contributed by atoms with E-state index in [1.165, 1.54) is 0 Å². The molecule has 3 rings (SSSR count). The monoisotopic (exact) mass is 297 g/mol. The second kappa shape index (κ2) is 6.49. The third kappa shape index (κ3) is 3.20. The second-order valence-electron chi connectivity index (χ2n) is 5.01. The van der Waals surface area contributed by atoms with Crippen LogP contribution in [0.5, 0.6) is 5.75 Å². The van der Waals surface area contributed by atoms with Crippen molar-refractivity contribution in [3.63, 3.8) is 0 Å². The molecule has 0 saturated carbocycles. The van der Waals surface area contributed by atoms with Gasteiger partial charge in [0.25, 0.3) is 0 Å². The number of hydrogen-bond donors (Lipinski definition) is 1. The molecule has 0 fully saturated rings. The second-order valence-corrected chi connectivity index (χ2v) is 5.01. The van der Waals surface area contributed by atoms with Crippen LogP contribution in [0.4, 0.5) is 5.69 Å². The SMILES string of the molecule is CNc1ccc2cc(COCc3ccc(OC)cc3)nn2c1. The van der Waals surface area contributed by atoms with Crippen LogP contribution in [-0.2, 0) is 18.0 Å². The van der Waals surface area contributed by atoms with Crippen molar-refractivity contribution < 1.29 is 9.47 Å². The lowest BCUT2D eigenvalue weighted by atomic mass is 10.2. The molecule has 0 saturated heterocycles. The van der Waals surface area contributed by atoms with E-state index >= 15 is 0 Å². The molecule has 0 radical (unpaired) electrons. The Morgan fingerprint density at radius 3 is 2.64 bits per heavy atom. The number of hydrogen-bond acceptors (Lipinski definition) is 4. The number of methoxy groups -OCH3 is 1. The van der Waals surface area contributed by atoms with E-state index < -0.39 is 0 Å². The van der Waals surface area contributed by atoms with Gasteiger partial charge in [-0.25, -0.2) is 4.52 Å². The van der Waals surface area contributed by atoms with Crippen LogP contribution < -0.4 is 10.1 Å². The quantitative estimate of drug-likeness (QED) is 0.759. The summed E-state index contributed by atoms with van der Waals surface area (Å²) in [6, 6.07) is 14.0. The maximum Gasteiger partial charge on any atom is 0.118 e. The zero-order valence-electron chi connectivity index (χ0n) is 12.7. The van der Waals surface area contributed by atoms with E-state index in [0.29, 0.717) is 13.2 Å². The molecule has 2 heterocycles. The smallest absolute Gasteiger partial charge is 0.118 e. The molecule has 1 N–H and O–H groups in total. The van der Waals surface area contributed by atoms with Gasteiger partial charge >= 0.3 is 0 Å². The Bertz CT molecular complexity index is 750. The van der Waals surface area contributed by atoms with Gasteiger partial charge in [-0.1, -0.05) is 12.1 Å². The van der Waals surface area contributed by atoms with Crippen molar-refractivity contribution in [3.8, 4) is 5.75 Å². The van der Waals surface area contributed by atoms with Crippen LogP contribution in [0.25, 0.3) is 5.52 Å². The molecule has 114 valence electrons. The van der Waals surface area contributed by atoms with Gasteiger partial charge in [0.1, 0.15) is 5.75 Å². The number of fused-ring (bicyclic) bond motifs is 1. The summed E-state index contributed by atoms with van der Waals surface area (Å²) in [7, 11) is 3.55. The molecule has 0 aliphatic carbocycles.